The summed E-state index contributed by atoms with van der Waals surface area (Å²) in [6.45, 7) is 6.16. The van der Waals surface area contributed by atoms with Crippen LogP contribution in [-0.2, 0) is 0 Å². The normalized spacial score (nSPS) is 9.39. The molecule has 0 bridgehead atoms. The van der Waals surface area contributed by atoms with Gasteiger partial charge in [0.15, 0.2) is 0 Å². The molecule has 0 spiro atoms. The molecule has 0 radical (unpaired) electrons. The third-order valence-corrected chi connectivity index (χ3v) is 2.44. The molecule has 0 aliphatic rings. The number of aromatic nitrogens is 1. The fourth-order valence-electron chi connectivity index (χ4n) is 1.50. The van der Waals surface area contributed by atoms with Crippen LogP contribution in [0.5, 0.6) is 0 Å². The van der Waals surface area contributed by atoms with Gasteiger partial charge in [-0.25, -0.2) is 9.78 Å². The number of nitrogens with zero attached hydrogens (tertiary/aromatic N) is 2. The molecule has 18 heavy (non-hydrogen) atoms. The fourth-order valence-corrected chi connectivity index (χ4v) is 1.50. The maximum absolute atomic E-state index is 11.3. The molecule has 0 aromatic carbocycles. The molecule has 96 valence electrons. The number of pyridine rings is 1. The minimum Gasteiger partial charge on any atom is -0.357 e. The largest absolute Gasteiger partial charge is 0.357 e. The number of carbonyl (C=O) groups excluding carboxylic acids is 1. The summed E-state index contributed by atoms with van der Waals surface area (Å²) in [7, 11) is 0. The van der Waals surface area contributed by atoms with Crippen molar-refractivity contribution >= 4 is 17.5 Å². The van der Waals surface area contributed by atoms with E-state index >= 15 is 0 Å². The second-order valence-electron chi connectivity index (χ2n) is 3.59. The van der Waals surface area contributed by atoms with Gasteiger partial charge in [-0.05, 0) is 26.0 Å². The summed E-state index contributed by atoms with van der Waals surface area (Å²) in [6, 6.07) is 3.37. The summed E-state index contributed by atoms with van der Waals surface area (Å²) in [5.41, 5.74) is 0.639. The maximum Gasteiger partial charge on any atom is 0.320 e. The van der Waals surface area contributed by atoms with Crippen molar-refractivity contribution in [3.05, 3.63) is 18.3 Å². The van der Waals surface area contributed by atoms with E-state index in [2.05, 4.69) is 40.3 Å². The van der Waals surface area contributed by atoms with Crippen molar-refractivity contribution in [2.45, 2.75) is 13.8 Å². The summed E-state index contributed by atoms with van der Waals surface area (Å²) in [5.74, 6) is 3.23. The number of terminal acetylenes is 1. The molecule has 0 atom stereocenters. The summed E-state index contributed by atoms with van der Waals surface area (Å²) in [6.07, 6.45) is 6.67. The van der Waals surface area contributed by atoms with Crippen LogP contribution in [-0.4, -0.2) is 30.6 Å². The van der Waals surface area contributed by atoms with Gasteiger partial charge in [-0.15, -0.1) is 6.42 Å². The summed E-state index contributed by atoms with van der Waals surface area (Å²) in [4.78, 5) is 17.8. The Hall–Kier alpha value is -2.22. The van der Waals surface area contributed by atoms with E-state index in [-0.39, 0.29) is 12.6 Å². The Morgan fingerprint density at radius 3 is 2.67 bits per heavy atom. The van der Waals surface area contributed by atoms with Gasteiger partial charge in [-0.1, -0.05) is 5.92 Å². The highest BCUT2D eigenvalue weighted by atomic mass is 16.2. The maximum atomic E-state index is 11.3. The van der Waals surface area contributed by atoms with Crippen molar-refractivity contribution in [1.82, 2.24) is 10.3 Å². The number of carbonyl (C=O) groups is 1. The summed E-state index contributed by atoms with van der Waals surface area (Å²) >= 11 is 0. The van der Waals surface area contributed by atoms with Gasteiger partial charge in [0.25, 0.3) is 0 Å². The van der Waals surface area contributed by atoms with Crippen molar-refractivity contribution in [3.8, 4) is 12.3 Å². The Kier molecular flexibility index (Phi) is 5.52. The van der Waals surface area contributed by atoms with Crippen LogP contribution < -0.4 is 15.5 Å². The van der Waals surface area contributed by atoms with E-state index < -0.39 is 0 Å². The third-order valence-electron chi connectivity index (χ3n) is 2.44. The molecule has 2 N–H and O–H groups in total. The molecule has 0 aliphatic heterocycles. The smallest absolute Gasteiger partial charge is 0.320 e. The zero-order chi connectivity index (χ0) is 13.4. The highest BCUT2D eigenvalue weighted by Crippen LogP contribution is 2.13. The van der Waals surface area contributed by atoms with Gasteiger partial charge >= 0.3 is 6.03 Å². The third kappa shape index (κ3) is 3.98. The molecule has 0 saturated heterocycles. The topological polar surface area (TPSA) is 57.3 Å². The first-order valence-corrected chi connectivity index (χ1v) is 5.90. The number of urea groups is 1. The zero-order valence-electron chi connectivity index (χ0n) is 10.7. The molecule has 0 unspecified atom stereocenters. The lowest BCUT2D eigenvalue weighted by atomic mass is 10.3. The predicted octanol–water partition coefficient (Wildman–Crippen LogP) is 1.68. The summed E-state index contributed by atoms with van der Waals surface area (Å²) < 4.78 is 0. The molecule has 2 amide bonds. The van der Waals surface area contributed by atoms with Gasteiger partial charge in [0.05, 0.1) is 18.4 Å². The first-order chi connectivity index (χ1) is 8.71. The van der Waals surface area contributed by atoms with Gasteiger partial charge in [0, 0.05) is 13.1 Å². The first kappa shape index (κ1) is 13.8. The number of amides is 2. The average Bonchev–Trinajstić information content (AvgIpc) is 2.40. The van der Waals surface area contributed by atoms with Crippen LogP contribution in [0.4, 0.5) is 16.3 Å². The minimum absolute atomic E-state index is 0.205. The number of nitrogens with one attached hydrogen (secondary N) is 2. The van der Waals surface area contributed by atoms with Crippen LogP contribution in [0.25, 0.3) is 0 Å². The summed E-state index contributed by atoms with van der Waals surface area (Å²) in [5, 5.41) is 5.17. The van der Waals surface area contributed by atoms with E-state index in [9.17, 15) is 4.79 Å². The van der Waals surface area contributed by atoms with Crippen LogP contribution in [0.2, 0.25) is 0 Å². The molecule has 0 fully saturated rings. The van der Waals surface area contributed by atoms with E-state index in [1.54, 1.807) is 6.20 Å². The fraction of sp³-hybridized carbons (Fsp3) is 0.385. The molecule has 1 aromatic heterocycles. The lowest BCUT2D eigenvalue weighted by Gasteiger charge is -2.19. The second kappa shape index (κ2) is 7.17. The van der Waals surface area contributed by atoms with Crippen molar-refractivity contribution in [3.63, 3.8) is 0 Å². The number of hydrogen-bond acceptors (Lipinski definition) is 3. The van der Waals surface area contributed by atoms with Crippen LogP contribution in [0, 0.1) is 12.3 Å². The molecule has 5 heteroatoms. The van der Waals surface area contributed by atoms with E-state index in [1.807, 2.05) is 12.1 Å². The Morgan fingerprint density at radius 2 is 2.17 bits per heavy atom. The zero-order valence-corrected chi connectivity index (χ0v) is 10.7. The quantitative estimate of drug-likeness (QED) is 0.777. The standard InChI is InChI=1S/C13H18N4O/c1-4-9-14-13(18)16-11-7-8-12(15-10-11)17(5-2)6-3/h1,7-8,10H,5-6,9H2,2-3H3,(H2,14,16,18). The molecule has 1 heterocycles. The molecular formula is C13H18N4O. The number of rotatable bonds is 5. The van der Waals surface area contributed by atoms with E-state index in [0.29, 0.717) is 5.69 Å². The molecule has 1 aromatic rings. The molecular weight excluding hydrogens is 228 g/mol. The Labute approximate surface area is 108 Å². The Balaban J connectivity index is 2.60. The van der Waals surface area contributed by atoms with Crippen LogP contribution in [0.3, 0.4) is 0 Å². The SMILES string of the molecule is C#CCNC(=O)Nc1ccc(N(CC)CC)nc1. The number of anilines is 2. The van der Waals surface area contributed by atoms with E-state index in [0.717, 1.165) is 18.9 Å². The monoisotopic (exact) mass is 246 g/mol. The molecule has 1 rings (SSSR count). The van der Waals surface area contributed by atoms with Gasteiger partial charge < -0.3 is 15.5 Å². The molecule has 0 saturated carbocycles. The van der Waals surface area contributed by atoms with Crippen LogP contribution in [0.1, 0.15) is 13.8 Å². The van der Waals surface area contributed by atoms with E-state index in [1.165, 1.54) is 0 Å². The predicted molar refractivity (Wildman–Crippen MR) is 73.7 cm³/mol. The molecule has 0 aliphatic carbocycles. The van der Waals surface area contributed by atoms with Gasteiger partial charge in [0.1, 0.15) is 5.82 Å². The van der Waals surface area contributed by atoms with Crippen molar-refractivity contribution < 1.29 is 4.79 Å². The van der Waals surface area contributed by atoms with E-state index in [4.69, 9.17) is 6.42 Å². The number of hydrogen-bond donors (Lipinski definition) is 2. The van der Waals surface area contributed by atoms with Crippen LogP contribution in [0.15, 0.2) is 18.3 Å². The van der Waals surface area contributed by atoms with Crippen molar-refractivity contribution in [2.75, 3.05) is 29.9 Å². The highest BCUT2D eigenvalue weighted by molar-refractivity contribution is 5.89. The highest BCUT2D eigenvalue weighted by Gasteiger charge is 2.04. The Morgan fingerprint density at radius 1 is 1.44 bits per heavy atom. The van der Waals surface area contributed by atoms with Gasteiger partial charge in [0.2, 0.25) is 0 Å². The lowest BCUT2D eigenvalue weighted by molar-refractivity contribution is 0.253. The van der Waals surface area contributed by atoms with Gasteiger partial charge in [-0.2, -0.15) is 0 Å². The van der Waals surface area contributed by atoms with Gasteiger partial charge in [-0.3, -0.25) is 0 Å². The lowest BCUT2D eigenvalue weighted by Crippen LogP contribution is -2.29. The first-order valence-electron chi connectivity index (χ1n) is 5.90. The Bertz CT molecular complexity index is 418. The average molecular weight is 246 g/mol. The van der Waals surface area contributed by atoms with Crippen molar-refractivity contribution in [1.29, 1.82) is 0 Å². The van der Waals surface area contributed by atoms with Crippen molar-refractivity contribution in [2.24, 2.45) is 0 Å². The second-order valence-corrected chi connectivity index (χ2v) is 3.59. The van der Waals surface area contributed by atoms with Crippen LogP contribution >= 0.6 is 0 Å². The molecule has 5 nitrogen and oxygen atoms in total. The minimum atomic E-state index is -0.328.